The van der Waals surface area contributed by atoms with Crippen molar-refractivity contribution < 1.29 is 9.18 Å². The van der Waals surface area contributed by atoms with Gasteiger partial charge in [-0.25, -0.2) is 4.39 Å². The predicted octanol–water partition coefficient (Wildman–Crippen LogP) is 3.33. The molecule has 0 bridgehead atoms. The lowest BCUT2D eigenvalue weighted by Gasteiger charge is -2.30. The Kier molecular flexibility index (Phi) is 6.43. The minimum atomic E-state index is -0.559. The van der Waals surface area contributed by atoms with E-state index in [9.17, 15) is 9.18 Å². The monoisotopic (exact) mass is 300 g/mol. The molecule has 112 valence electrons. The number of carbonyl (C=O) groups excluding carboxylic acids is 1. The molecule has 3 nitrogen and oxygen atoms in total. The fourth-order valence-electron chi connectivity index (χ4n) is 2.18. The Balaban J connectivity index is 2.57. The third-order valence-corrected chi connectivity index (χ3v) is 3.39. The summed E-state index contributed by atoms with van der Waals surface area (Å²) >= 11 is 5.77. The number of hydrogen-bond acceptors (Lipinski definition) is 2. The number of carbonyl (C=O) groups is 1. The molecule has 1 rings (SSSR count). The summed E-state index contributed by atoms with van der Waals surface area (Å²) in [5.41, 5.74) is -0.0156. The van der Waals surface area contributed by atoms with Crippen molar-refractivity contribution in [2.45, 2.75) is 39.8 Å². The number of benzene rings is 1. The van der Waals surface area contributed by atoms with Gasteiger partial charge in [-0.1, -0.05) is 11.6 Å². The van der Waals surface area contributed by atoms with Crippen LogP contribution in [0.5, 0.6) is 0 Å². The summed E-state index contributed by atoms with van der Waals surface area (Å²) in [7, 11) is 0. The number of halogens is 2. The highest BCUT2D eigenvalue weighted by Gasteiger charge is 2.15. The summed E-state index contributed by atoms with van der Waals surface area (Å²) in [6.45, 7) is 9.64. The third kappa shape index (κ3) is 4.76. The van der Waals surface area contributed by atoms with Crippen LogP contribution in [0.1, 0.15) is 38.1 Å². The van der Waals surface area contributed by atoms with Crippen LogP contribution in [-0.4, -0.2) is 36.0 Å². The molecule has 0 spiro atoms. The van der Waals surface area contributed by atoms with E-state index in [1.54, 1.807) is 0 Å². The predicted molar refractivity (Wildman–Crippen MR) is 80.7 cm³/mol. The van der Waals surface area contributed by atoms with Gasteiger partial charge in [-0.15, -0.1) is 0 Å². The van der Waals surface area contributed by atoms with Crippen molar-refractivity contribution in [1.29, 1.82) is 0 Å². The summed E-state index contributed by atoms with van der Waals surface area (Å²) < 4.78 is 13.5. The van der Waals surface area contributed by atoms with Gasteiger partial charge >= 0.3 is 0 Å². The first-order chi connectivity index (χ1) is 9.32. The standard InChI is InChI=1S/C15H22ClFN2O/c1-10(2)19(11(3)4)8-7-18-15(20)13-9-12(16)5-6-14(13)17/h5-6,9-11H,7-8H2,1-4H3,(H,18,20). The van der Waals surface area contributed by atoms with E-state index < -0.39 is 11.7 Å². The first-order valence-electron chi connectivity index (χ1n) is 6.82. The van der Waals surface area contributed by atoms with Crippen LogP contribution >= 0.6 is 11.6 Å². The first kappa shape index (κ1) is 16.9. The third-order valence-electron chi connectivity index (χ3n) is 3.16. The molecular weight excluding hydrogens is 279 g/mol. The Bertz CT molecular complexity index is 455. The molecule has 0 aliphatic rings. The van der Waals surface area contributed by atoms with Crippen LogP contribution in [0.15, 0.2) is 18.2 Å². The minimum Gasteiger partial charge on any atom is -0.351 e. The molecule has 1 amide bonds. The summed E-state index contributed by atoms with van der Waals surface area (Å²) in [5, 5.41) is 3.08. The van der Waals surface area contributed by atoms with Crippen LogP contribution in [0.4, 0.5) is 4.39 Å². The average molecular weight is 301 g/mol. The van der Waals surface area contributed by atoms with E-state index in [0.29, 0.717) is 23.7 Å². The molecule has 0 radical (unpaired) electrons. The number of nitrogens with zero attached hydrogens (tertiary/aromatic N) is 1. The highest BCUT2D eigenvalue weighted by atomic mass is 35.5. The molecule has 0 unspecified atom stereocenters. The number of nitrogens with one attached hydrogen (secondary N) is 1. The van der Waals surface area contributed by atoms with Crippen molar-refractivity contribution in [1.82, 2.24) is 10.2 Å². The molecule has 1 aromatic rings. The second-order valence-corrected chi connectivity index (χ2v) is 5.74. The van der Waals surface area contributed by atoms with Crippen molar-refractivity contribution in [3.05, 3.63) is 34.6 Å². The second-order valence-electron chi connectivity index (χ2n) is 5.31. The Hall–Kier alpha value is -1.13. The maximum atomic E-state index is 13.5. The van der Waals surface area contributed by atoms with Crippen LogP contribution in [0.3, 0.4) is 0 Å². The molecule has 1 aromatic carbocycles. The Labute approximate surface area is 125 Å². The zero-order valence-electron chi connectivity index (χ0n) is 12.4. The van der Waals surface area contributed by atoms with Crippen molar-refractivity contribution in [3.8, 4) is 0 Å². The van der Waals surface area contributed by atoms with Gasteiger partial charge in [-0.3, -0.25) is 9.69 Å². The molecule has 0 saturated heterocycles. The van der Waals surface area contributed by atoms with E-state index in [1.807, 2.05) is 0 Å². The van der Waals surface area contributed by atoms with E-state index in [-0.39, 0.29) is 5.56 Å². The number of rotatable bonds is 6. The van der Waals surface area contributed by atoms with Gasteiger partial charge < -0.3 is 5.32 Å². The first-order valence-corrected chi connectivity index (χ1v) is 7.19. The van der Waals surface area contributed by atoms with Gasteiger partial charge in [0.1, 0.15) is 5.82 Å². The van der Waals surface area contributed by atoms with Crippen LogP contribution < -0.4 is 5.32 Å². The number of hydrogen-bond donors (Lipinski definition) is 1. The van der Waals surface area contributed by atoms with Crippen LogP contribution in [0.2, 0.25) is 5.02 Å². The Morgan fingerprint density at radius 2 is 1.90 bits per heavy atom. The average Bonchev–Trinajstić information content (AvgIpc) is 2.36. The molecule has 0 aliphatic heterocycles. The van der Waals surface area contributed by atoms with Gasteiger partial charge in [0, 0.05) is 30.2 Å². The zero-order valence-corrected chi connectivity index (χ0v) is 13.2. The van der Waals surface area contributed by atoms with E-state index in [0.717, 1.165) is 6.54 Å². The molecule has 0 atom stereocenters. The zero-order chi connectivity index (χ0) is 15.3. The largest absolute Gasteiger partial charge is 0.351 e. The molecule has 5 heteroatoms. The lowest BCUT2D eigenvalue weighted by molar-refractivity contribution is 0.0935. The van der Waals surface area contributed by atoms with Crippen molar-refractivity contribution in [3.63, 3.8) is 0 Å². The molecule has 20 heavy (non-hydrogen) atoms. The summed E-state index contributed by atoms with van der Waals surface area (Å²) in [5.74, 6) is -0.992. The van der Waals surface area contributed by atoms with Gasteiger partial charge in [-0.05, 0) is 45.9 Å². The molecular formula is C15H22ClFN2O. The van der Waals surface area contributed by atoms with Crippen LogP contribution in [-0.2, 0) is 0 Å². The smallest absolute Gasteiger partial charge is 0.254 e. The normalized spacial score (nSPS) is 11.4. The van der Waals surface area contributed by atoms with Gasteiger partial charge in [0.25, 0.3) is 5.91 Å². The van der Waals surface area contributed by atoms with Gasteiger partial charge in [0.05, 0.1) is 5.56 Å². The van der Waals surface area contributed by atoms with E-state index in [4.69, 9.17) is 11.6 Å². The van der Waals surface area contributed by atoms with Gasteiger partial charge in [-0.2, -0.15) is 0 Å². The summed E-state index contributed by atoms with van der Waals surface area (Å²) in [4.78, 5) is 14.2. The van der Waals surface area contributed by atoms with Crippen LogP contribution in [0, 0.1) is 5.82 Å². The molecule has 0 heterocycles. The number of amides is 1. The maximum absolute atomic E-state index is 13.5. The van der Waals surface area contributed by atoms with E-state index in [2.05, 4.69) is 37.9 Å². The fraction of sp³-hybridized carbons (Fsp3) is 0.533. The SMILES string of the molecule is CC(C)N(CCNC(=O)c1cc(Cl)ccc1F)C(C)C. The summed E-state index contributed by atoms with van der Waals surface area (Å²) in [6.07, 6.45) is 0. The quantitative estimate of drug-likeness (QED) is 0.874. The molecule has 0 saturated carbocycles. The Morgan fingerprint density at radius 1 is 1.30 bits per heavy atom. The molecule has 0 aliphatic carbocycles. The molecule has 1 N–H and O–H groups in total. The second kappa shape index (κ2) is 7.60. The van der Waals surface area contributed by atoms with E-state index in [1.165, 1.54) is 18.2 Å². The highest BCUT2D eigenvalue weighted by Crippen LogP contribution is 2.14. The summed E-state index contributed by atoms with van der Waals surface area (Å²) in [6, 6.07) is 4.76. The van der Waals surface area contributed by atoms with Crippen molar-refractivity contribution in [2.75, 3.05) is 13.1 Å². The topological polar surface area (TPSA) is 32.3 Å². The Morgan fingerprint density at radius 3 is 2.45 bits per heavy atom. The molecule has 0 aromatic heterocycles. The van der Waals surface area contributed by atoms with E-state index >= 15 is 0 Å². The molecule has 0 fully saturated rings. The fourth-order valence-corrected chi connectivity index (χ4v) is 2.35. The van der Waals surface area contributed by atoms with Gasteiger partial charge in [0.15, 0.2) is 0 Å². The maximum Gasteiger partial charge on any atom is 0.254 e. The lowest BCUT2D eigenvalue weighted by Crippen LogP contribution is -2.42. The van der Waals surface area contributed by atoms with Crippen LogP contribution in [0.25, 0.3) is 0 Å². The minimum absolute atomic E-state index is 0.0156. The lowest BCUT2D eigenvalue weighted by atomic mass is 10.2. The van der Waals surface area contributed by atoms with Crippen molar-refractivity contribution in [2.24, 2.45) is 0 Å². The van der Waals surface area contributed by atoms with Gasteiger partial charge in [0.2, 0.25) is 0 Å². The van der Waals surface area contributed by atoms with Crippen molar-refractivity contribution >= 4 is 17.5 Å². The highest BCUT2D eigenvalue weighted by molar-refractivity contribution is 6.30.